The van der Waals surface area contributed by atoms with Gasteiger partial charge >= 0.3 is 0 Å². The summed E-state index contributed by atoms with van der Waals surface area (Å²) in [7, 11) is 1.56. The Kier molecular flexibility index (Phi) is 6.74. The minimum absolute atomic E-state index is 0.00706. The third kappa shape index (κ3) is 5.38. The Morgan fingerprint density at radius 2 is 1.86 bits per heavy atom. The minimum atomic E-state index is -0.240. The summed E-state index contributed by atoms with van der Waals surface area (Å²) in [5.74, 6) is 1.11. The molecule has 2 N–H and O–H groups in total. The van der Waals surface area contributed by atoms with E-state index in [1.165, 1.54) is 0 Å². The molecule has 37 heavy (non-hydrogen) atoms. The average molecular weight is 502 g/mol. The molecule has 5 rings (SSSR count). The molecular formula is C29H31N3O5. The normalized spacial score (nSPS) is 19.0. The Morgan fingerprint density at radius 1 is 1.08 bits per heavy atom. The number of pyridine rings is 1. The first kappa shape index (κ1) is 24.6. The molecule has 1 fully saturated rings. The Hall–Kier alpha value is -4.07. The fraction of sp³-hybridized carbons (Fsp3) is 0.345. The maximum Gasteiger partial charge on any atom is 0.227 e. The van der Waals surface area contributed by atoms with Gasteiger partial charge in [-0.15, -0.1) is 0 Å². The predicted molar refractivity (Wildman–Crippen MR) is 138 cm³/mol. The Labute approximate surface area is 216 Å². The number of phenols is 1. The molecule has 3 aromatic rings. The lowest BCUT2D eigenvalue weighted by molar-refractivity contribution is -0.130. The minimum Gasteiger partial charge on any atom is -0.504 e. The van der Waals surface area contributed by atoms with Crippen molar-refractivity contribution in [2.75, 3.05) is 20.2 Å². The molecule has 0 spiro atoms. The molecule has 3 heterocycles. The zero-order valence-electron chi connectivity index (χ0n) is 21.3. The second kappa shape index (κ2) is 10.1. The maximum atomic E-state index is 13.3. The zero-order chi connectivity index (χ0) is 26.1. The number of benzene rings is 2. The molecule has 1 saturated heterocycles. The van der Waals surface area contributed by atoms with Crippen LogP contribution in [0.2, 0.25) is 0 Å². The van der Waals surface area contributed by atoms with Crippen molar-refractivity contribution in [2.45, 2.75) is 45.1 Å². The van der Waals surface area contributed by atoms with Crippen molar-refractivity contribution >= 4 is 11.8 Å². The van der Waals surface area contributed by atoms with Crippen molar-refractivity contribution in [2.24, 2.45) is 0 Å². The van der Waals surface area contributed by atoms with E-state index < -0.39 is 0 Å². The van der Waals surface area contributed by atoms with Crippen LogP contribution in [-0.4, -0.2) is 53.0 Å². The maximum absolute atomic E-state index is 13.3. The highest BCUT2D eigenvalue weighted by atomic mass is 16.5. The highest BCUT2D eigenvalue weighted by Crippen LogP contribution is 2.40. The molecule has 2 amide bonds. The summed E-state index contributed by atoms with van der Waals surface area (Å²) in [6.45, 7) is 4.74. The summed E-state index contributed by atoms with van der Waals surface area (Å²) in [6.07, 6.45) is 1.07. The average Bonchev–Trinajstić information content (AvgIpc) is 3.27. The number of ether oxygens (including phenoxy) is 2. The molecule has 2 aromatic carbocycles. The smallest absolute Gasteiger partial charge is 0.227 e. The van der Waals surface area contributed by atoms with Gasteiger partial charge in [0.05, 0.1) is 19.6 Å². The number of nitrogens with one attached hydrogen (secondary N) is 1. The van der Waals surface area contributed by atoms with E-state index in [9.17, 15) is 14.7 Å². The standard InChI is InChI=1S/C29H31N3O5/c1-17-10-20(11-18(2)30-17)13-29(35)32-15-22-21-6-8-25(36-3)27(14-21)37-26-12-19(4-7-24(26)33)5-9-28(34)31-23(22)16-32/h4,6-8,10-12,14,22-23,33H,5,9,13,15-16H2,1-3H3,(H,31,34)/t22-,23+/m0/s1. The van der Waals surface area contributed by atoms with Crippen molar-refractivity contribution in [3.63, 3.8) is 0 Å². The number of carbonyl (C=O) groups is 2. The van der Waals surface area contributed by atoms with E-state index in [0.29, 0.717) is 36.8 Å². The van der Waals surface area contributed by atoms with Gasteiger partial charge < -0.3 is 24.8 Å². The lowest BCUT2D eigenvalue weighted by Gasteiger charge is -2.21. The number of methoxy groups -OCH3 is 1. The monoisotopic (exact) mass is 501 g/mol. The first-order valence-electron chi connectivity index (χ1n) is 12.5. The number of aryl methyl sites for hydroxylation is 3. The largest absolute Gasteiger partial charge is 0.504 e. The number of likely N-dealkylation sites (tertiary alicyclic amines) is 1. The fourth-order valence-electron chi connectivity index (χ4n) is 5.26. The molecule has 2 atom stereocenters. The summed E-state index contributed by atoms with van der Waals surface area (Å²) in [5.41, 5.74) is 4.50. The van der Waals surface area contributed by atoms with E-state index >= 15 is 0 Å². The Morgan fingerprint density at radius 3 is 2.62 bits per heavy atom. The predicted octanol–water partition coefficient (Wildman–Crippen LogP) is 3.80. The number of nitrogens with zero attached hydrogens (tertiary/aromatic N) is 2. The number of rotatable bonds is 3. The molecule has 0 unspecified atom stereocenters. The third-order valence-corrected chi connectivity index (χ3v) is 7.02. The number of hydrogen-bond donors (Lipinski definition) is 2. The second-order valence-electron chi connectivity index (χ2n) is 9.83. The molecule has 4 bridgehead atoms. The number of aromatic nitrogens is 1. The summed E-state index contributed by atoms with van der Waals surface area (Å²) in [6, 6.07) is 14.4. The first-order chi connectivity index (χ1) is 17.8. The number of carbonyl (C=O) groups excluding carboxylic acids is 2. The van der Waals surface area contributed by atoms with Crippen LogP contribution in [0.25, 0.3) is 0 Å². The topological polar surface area (TPSA) is 101 Å². The summed E-state index contributed by atoms with van der Waals surface area (Å²) < 4.78 is 11.6. The first-order valence-corrected chi connectivity index (χ1v) is 12.5. The highest BCUT2D eigenvalue weighted by molar-refractivity contribution is 5.80. The van der Waals surface area contributed by atoms with E-state index in [2.05, 4.69) is 10.3 Å². The van der Waals surface area contributed by atoms with Crippen LogP contribution in [0.4, 0.5) is 0 Å². The van der Waals surface area contributed by atoms with Crippen molar-refractivity contribution in [3.05, 3.63) is 76.6 Å². The van der Waals surface area contributed by atoms with Gasteiger partial charge in [-0.1, -0.05) is 12.1 Å². The number of fused-ring (bicyclic) bond motifs is 6. The van der Waals surface area contributed by atoms with Crippen LogP contribution < -0.4 is 14.8 Å². The summed E-state index contributed by atoms with van der Waals surface area (Å²) in [5, 5.41) is 13.6. The van der Waals surface area contributed by atoms with Gasteiger partial charge in [-0.2, -0.15) is 0 Å². The van der Waals surface area contributed by atoms with Crippen molar-refractivity contribution in [1.29, 1.82) is 0 Å². The van der Waals surface area contributed by atoms with Gasteiger partial charge in [0, 0.05) is 36.8 Å². The van der Waals surface area contributed by atoms with Gasteiger partial charge in [-0.05, 0) is 73.4 Å². The third-order valence-electron chi connectivity index (χ3n) is 7.02. The second-order valence-corrected chi connectivity index (χ2v) is 9.83. The van der Waals surface area contributed by atoms with Gasteiger partial charge in [0.2, 0.25) is 11.8 Å². The molecule has 2 aliphatic rings. The van der Waals surface area contributed by atoms with Crippen LogP contribution in [0.1, 0.15) is 40.4 Å². The molecule has 0 saturated carbocycles. The van der Waals surface area contributed by atoms with Gasteiger partial charge in [0.25, 0.3) is 0 Å². The van der Waals surface area contributed by atoms with Crippen LogP contribution in [-0.2, 0) is 22.4 Å². The highest BCUT2D eigenvalue weighted by Gasteiger charge is 2.37. The zero-order valence-corrected chi connectivity index (χ0v) is 21.3. The summed E-state index contributed by atoms with van der Waals surface area (Å²) in [4.78, 5) is 32.5. The molecule has 0 radical (unpaired) electrons. The van der Waals surface area contributed by atoms with Crippen LogP contribution in [0.5, 0.6) is 23.0 Å². The lowest BCUT2D eigenvalue weighted by Crippen LogP contribution is -2.40. The summed E-state index contributed by atoms with van der Waals surface area (Å²) >= 11 is 0. The van der Waals surface area contributed by atoms with Crippen LogP contribution in [0.3, 0.4) is 0 Å². The number of hydrogen-bond acceptors (Lipinski definition) is 6. The molecule has 192 valence electrons. The van der Waals surface area contributed by atoms with Crippen LogP contribution >= 0.6 is 0 Å². The number of amides is 2. The van der Waals surface area contributed by atoms with Gasteiger partial charge in [-0.3, -0.25) is 14.6 Å². The van der Waals surface area contributed by atoms with Crippen molar-refractivity contribution < 1.29 is 24.2 Å². The molecule has 8 nitrogen and oxygen atoms in total. The van der Waals surface area contributed by atoms with E-state index in [1.54, 1.807) is 25.3 Å². The Bertz CT molecular complexity index is 1340. The van der Waals surface area contributed by atoms with E-state index in [4.69, 9.17) is 9.47 Å². The van der Waals surface area contributed by atoms with E-state index in [0.717, 1.165) is 28.1 Å². The molecule has 1 aromatic heterocycles. The molecule has 8 heteroatoms. The number of phenolic OH excluding ortho intramolecular Hbond substituents is 1. The quantitative estimate of drug-likeness (QED) is 0.566. The lowest BCUT2D eigenvalue weighted by atomic mass is 9.93. The van der Waals surface area contributed by atoms with Crippen molar-refractivity contribution in [3.8, 4) is 23.0 Å². The van der Waals surface area contributed by atoms with Gasteiger partial charge in [0.15, 0.2) is 23.0 Å². The van der Waals surface area contributed by atoms with Crippen molar-refractivity contribution in [1.82, 2.24) is 15.2 Å². The van der Waals surface area contributed by atoms with Crippen LogP contribution in [0.15, 0.2) is 48.5 Å². The molecule has 0 aliphatic carbocycles. The number of aromatic hydroxyl groups is 1. The fourth-order valence-corrected chi connectivity index (χ4v) is 5.26. The Balaban J connectivity index is 1.46. The van der Waals surface area contributed by atoms with Gasteiger partial charge in [-0.25, -0.2) is 0 Å². The molecule has 2 aliphatic heterocycles. The molecular weight excluding hydrogens is 470 g/mol. The van der Waals surface area contributed by atoms with Gasteiger partial charge in [0.1, 0.15) is 0 Å². The van der Waals surface area contributed by atoms with E-state index in [-0.39, 0.29) is 42.4 Å². The van der Waals surface area contributed by atoms with Crippen LogP contribution in [0, 0.1) is 13.8 Å². The SMILES string of the molecule is COc1ccc2cc1Oc1cc(ccc1O)CCC(=O)N[C@@H]1CN(C(=O)Cc3cc(C)nc(C)c3)C[C@@H]21. The van der Waals surface area contributed by atoms with E-state index in [1.807, 2.05) is 49.1 Å².